The molecule has 3 aromatic rings. The second-order valence-corrected chi connectivity index (χ2v) is 7.95. The van der Waals surface area contributed by atoms with E-state index in [-0.39, 0.29) is 17.7 Å². The first-order valence-electron chi connectivity index (χ1n) is 8.48. The van der Waals surface area contributed by atoms with E-state index in [0.29, 0.717) is 5.02 Å². The fraction of sp³-hybridized carbons (Fsp3) is 0.211. The Morgan fingerprint density at radius 3 is 2.70 bits per heavy atom. The van der Waals surface area contributed by atoms with Crippen molar-refractivity contribution < 1.29 is 4.79 Å². The molecule has 3 N–H and O–H groups in total. The minimum atomic E-state index is -0.0945. The Bertz CT molecular complexity index is 971. The number of aromatic nitrogens is 3. The summed E-state index contributed by atoms with van der Waals surface area (Å²) in [5, 5.41) is 2.47. The van der Waals surface area contributed by atoms with Crippen molar-refractivity contribution in [3.05, 3.63) is 59.5 Å². The highest BCUT2D eigenvalue weighted by molar-refractivity contribution is 7.99. The number of halogens is 1. The Kier molecular flexibility index (Phi) is 4.90. The molecular weight excluding hydrogens is 382 g/mol. The summed E-state index contributed by atoms with van der Waals surface area (Å²) in [6.07, 6.45) is 4.28. The van der Waals surface area contributed by atoms with Gasteiger partial charge in [-0.3, -0.25) is 10.2 Å². The Morgan fingerprint density at radius 2 is 2.04 bits per heavy atom. The minimum Gasteiger partial charge on any atom is -0.328 e. The quantitative estimate of drug-likeness (QED) is 0.390. The lowest BCUT2D eigenvalue weighted by molar-refractivity contribution is -0.122. The maximum Gasteiger partial charge on any atom is 0.237 e. The molecule has 138 valence electrons. The molecule has 2 atom stereocenters. The smallest absolute Gasteiger partial charge is 0.237 e. The van der Waals surface area contributed by atoms with Crippen molar-refractivity contribution in [2.45, 2.75) is 22.4 Å². The van der Waals surface area contributed by atoms with Crippen LogP contribution in [0, 0.1) is 5.92 Å². The van der Waals surface area contributed by atoms with Crippen LogP contribution < -0.4 is 11.3 Å². The Morgan fingerprint density at radius 1 is 1.26 bits per heavy atom. The number of carbonyl (C=O) groups is 1. The SMILES string of the molecule is Cn1cnc(-c2ccc([C@@H]3C[C@H]3C(=O)NN)cc2)c1Sc1ccc(Cl)cn1. The van der Waals surface area contributed by atoms with Crippen molar-refractivity contribution in [1.82, 2.24) is 20.0 Å². The molecule has 0 radical (unpaired) electrons. The van der Waals surface area contributed by atoms with Crippen molar-refractivity contribution >= 4 is 29.3 Å². The standard InChI is InChI=1S/C19H18ClN5OS/c1-25-10-23-17(19(25)27-16-7-6-13(20)9-22-16)12-4-2-11(3-5-12)14-8-15(14)18(26)24-21/h2-7,9-10,14-15H,8,21H2,1H3,(H,24,26)/t14-,15+/m0/s1. The van der Waals surface area contributed by atoms with Gasteiger partial charge in [-0.15, -0.1) is 0 Å². The second kappa shape index (κ2) is 7.34. The number of nitrogens with zero attached hydrogens (tertiary/aromatic N) is 3. The fourth-order valence-electron chi connectivity index (χ4n) is 3.11. The number of aryl methyl sites for hydroxylation is 1. The predicted molar refractivity (Wildman–Crippen MR) is 105 cm³/mol. The summed E-state index contributed by atoms with van der Waals surface area (Å²) < 4.78 is 1.98. The minimum absolute atomic E-state index is 0.0159. The van der Waals surface area contributed by atoms with Gasteiger partial charge >= 0.3 is 0 Å². The summed E-state index contributed by atoms with van der Waals surface area (Å²) >= 11 is 7.46. The molecule has 1 fully saturated rings. The van der Waals surface area contributed by atoms with E-state index in [2.05, 4.69) is 27.5 Å². The number of imidazole rings is 1. The molecule has 0 unspecified atom stereocenters. The van der Waals surface area contributed by atoms with Gasteiger partial charge in [0, 0.05) is 24.7 Å². The highest BCUT2D eigenvalue weighted by atomic mass is 35.5. The zero-order chi connectivity index (χ0) is 19.0. The van der Waals surface area contributed by atoms with Crippen molar-refractivity contribution in [2.75, 3.05) is 0 Å². The molecule has 1 aliphatic rings. The second-order valence-electron chi connectivity index (χ2n) is 6.51. The number of carbonyl (C=O) groups excluding carboxylic acids is 1. The summed E-state index contributed by atoms with van der Waals surface area (Å²) in [4.78, 5) is 20.5. The molecule has 8 heteroatoms. The van der Waals surface area contributed by atoms with Gasteiger partial charge in [0.2, 0.25) is 5.91 Å². The van der Waals surface area contributed by atoms with Crippen molar-refractivity contribution in [3.8, 4) is 11.3 Å². The van der Waals surface area contributed by atoms with Gasteiger partial charge in [-0.05, 0) is 41.8 Å². The summed E-state index contributed by atoms with van der Waals surface area (Å²) in [5.41, 5.74) is 5.31. The van der Waals surface area contributed by atoms with E-state index >= 15 is 0 Å². The van der Waals surface area contributed by atoms with E-state index in [0.717, 1.165) is 33.3 Å². The maximum absolute atomic E-state index is 11.6. The van der Waals surface area contributed by atoms with Gasteiger partial charge < -0.3 is 4.57 Å². The molecule has 1 aromatic carbocycles. The van der Waals surface area contributed by atoms with E-state index in [1.165, 1.54) is 0 Å². The van der Waals surface area contributed by atoms with Gasteiger partial charge in [-0.2, -0.15) is 0 Å². The Labute approximate surface area is 166 Å². The molecule has 1 saturated carbocycles. The monoisotopic (exact) mass is 399 g/mol. The van der Waals surface area contributed by atoms with Crippen molar-refractivity contribution in [1.29, 1.82) is 0 Å². The molecule has 2 aromatic heterocycles. The molecule has 0 aliphatic heterocycles. The zero-order valence-corrected chi connectivity index (χ0v) is 16.2. The van der Waals surface area contributed by atoms with Gasteiger partial charge in [0.25, 0.3) is 0 Å². The van der Waals surface area contributed by atoms with Crippen LogP contribution in [0.3, 0.4) is 0 Å². The van der Waals surface area contributed by atoms with Crippen LogP contribution in [0.15, 0.2) is 59.0 Å². The third-order valence-electron chi connectivity index (χ3n) is 4.67. The molecule has 1 aliphatic carbocycles. The largest absolute Gasteiger partial charge is 0.328 e. The van der Waals surface area contributed by atoms with Crippen molar-refractivity contribution in [2.24, 2.45) is 18.8 Å². The lowest BCUT2D eigenvalue weighted by Gasteiger charge is -2.07. The van der Waals surface area contributed by atoms with E-state index in [1.54, 1.807) is 24.3 Å². The molecule has 6 nitrogen and oxygen atoms in total. The first kappa shape index (κ1) is 18.0. The summed E-state index contributed by atoms with van der Waals surface area (Å²) in [5.74, 6) is 5.36. The van der Waals surface area contributed by atoms with Crippen LogP contribution in [0.1, 0.15) is 17.9 Å². The molecule has 0 bridgehead atoms. The molecule has 4 rings (SSSR count). The lowest BCUT2D eigenvalue weighted by Crippen LogP contribution is -2.31. The molecule has 0 saturated heterocycles. The third-order valence-corrected chi connectivity index (χ3v) is 6.02. The number of amides is 1. The van der Waals surface area contributed by atoms with Crippen molar-refractivity contribution in [3.63, 3.8) is 0 Å². The van der Waals surface area contributed by atoms with Gasteiger partial charge in [-0.25, -0.2) is 15.8 Å². The van der Waals surface area contributed by atoms with Crippen LogP contribution >= 0.6 is 23.4 Å². The van der Waals surface area contributed by atoms with E-state index in [4.69, 9.17) is 17.4 Å². The van der Waals surface area contributed by atoms with Crippen LogP contribution in [0.5, 0.6) is 0 Å². The average molecular weight is 400 g/mol. The highest BCUT2D eigenvalue weighted by Crippen LogP contribution is 2.47. The van der Waals surface area contributed by atoms with E-state index in [9.17, 15) is 4.79 Å². The highest BCUT2D eigenvalue weighted by Gasteiger charge is 2.43. The molecule has 2 heterocycles. The molecule has 27 heavy (non-hydrogen) atoms. The van der Waals surface area contributed by atoms with Gasteiger partial charge in [0.05, 0.1) is 11.3 Å². The first-order chi connectivity index (χ1) is 13.1. The number of hydrogen-bond acceptors (Lipinski definition) is 5. The number of benzene rings is 1. The molecular formula is C19H18ClN5OS. The maximum atomic E-state index is 11.6. The van der Waals surface area contributed by atoms with Crippen LogP contribution in [0.2, 0.25) is 5.02 Å². The summed E-state index contributed by atoms with van der Waals surface area (Å²) in [6.45, 7) is 0. The van der Waals surface area contributed by atoms with E-state index < -0.39 is 0 Å². The predicted octanol–water partition coefficient (Wildman–Crippen LogP) is 3.38. The third kappa shape index (κ3) is 3.71. The first-order valence-corrected chi connectivity index (χ1v) is 9.68. The number of nitrogens with one attached hydrogen (secondary N) is 1. The normalized spacial score (nSPS) is 18.3. The number of hydrogen-bond donors (Lipinski definition) is 2. The molecule has 1 amide bonds. The Balaban J connectivity index is 1.56. The van der Waals surface area contributed by atoms with E-state index in [1.807, 2.05) is 35.9 Å². The van der Waals surface area contributed by atoms with Gasteiger partial charge in [0.15, 0.2) is 0 Å². The van der Waals surface area contributed by atoms with Crippen LogP contribution in [0.25, 0.3) is 11.3 Å². The Hall–Kier alpha value is -2.35. The average Bonchev–Trinajstić information content (AvgIpc) is 3.41. The number of hydrazine groups is 1. The van der Waals surface area contributed by atoms with Crippen LogP contribution in [-0.2, 0) is 11.8 Å². The fourth-order valence-corrected chi connectivity index (χ4v) is 4.12. The summed E-state index contributed by atoms with van der Waals surface area (Å²) in [7, 11) is 1.96. The van der Waals surface area contributed by atoms with Crippen LogP contribution in [-0.4, -0.2) is 20.4 Å². The van der Waals surface area contributed by atoms with Gasteiger partial charge in [0.1, 0.15) is 15.7 Å². The number of rotatable bonds is 5. The number of pyridine rings is 1. The van der Waals surface area contributed by atoms with Crippen LogP contribution in [0.4, 0.5) is 0 Å². The van der Waals surface area contributed by atoms with Gasteiger partial charge in [-0.1, -0.05) is 35.9 Å². The molecule has 0 spiro atoms. The topological polar surface area (TPSA) is 85.8 Å². The number of nitrogens with two attached hydrogens (primary N) is 1. The summed E-state index contributed by atoms with van der Waals surface area (Å²) in [6, 6.07) is 11.9. The zero-order valence-electron chi connectivity index (χ0n) is 14.6. The lowest BCUT2D eigenvalue weighted by atomic mass is 10.1.